The summed E-state index contributed by atoms with van der Waals surface area (Å²) in [7, 11) is 0. The van der Waals surface area contributed by atoms with Crippen LogP contribution in [0.5, 0.6) is 0 Å². The van der Waals surface area contributed by atoms with Gasteiger partial charge in [-0.1, -0.05) is 54.4 Å². The van der Waals surface area contributed by atoms with E-state index in [0.717, 1.165) is 12.8 Å². The molecule has 0 aromatic rings. The Kier molecular flexibility index (Phi) is 8.79. The van der Waals surface area contributed by atoms with E-state index in [1.165, 1.54) is 0 Å². The fourth-order valence-electron chi connectivity index (χ4n) is 1.69. The maximum absolute atomic E-state index is 11.2. The van der Waals surface area contributed by atoms with Gasteiger partial charge in [0.2, 0.25) is 0 Å². The predicted molar refractivity (Wildman–Crippen MR) is 81.7 cm³/mol. The van der Waals surface area contributed by atoms with Gasteiger partial charge in [0, 0.05) is 0 Å². The second kappa shape index (κ2) is 8.28. The number of aliphatic carboxylic acids is 2. The van der Waals surface area contributed by atoms with Gasteiger partial charge in [-0.3, -0.25) is 9.59 Å². The zero-order valence-corrected chi connectivity index (χ0v) is 14.3. The van der Waals surface area contributed by atoms with Crippen LogP contribution in [0.25, 0.3) is 0 Å². The topological polar surface area (TPSA) is 74.6 Å². The summed E-state index contributed by atoms with van der Waals surface area (Å²) in [6, 6.07) is 0. The molecule has 0 rings (SSSR count). The van der Waals surface area contributed by atoms with E-state index in [1.54, 1.807) is 13.8 Å². The Morgan fingerprint density at radius 1 is 1.00 bits per heavy atom. The lowest BCUT2D eigenvalue weighted by Gasteiger charge is -2.43. The summed E-state index contributed by atoms with van der Waals surface area (Å²) in [6.45, 7) is 15.3. The summed E-state index contributed by atoms with van der Waals surface area (Å²) >= 11 is 0. The molecule has 1 unspecified atom stereocenters. The summed E-state index contributed by atoms with van der Waals surface area (Å²) in [4.78, 5) is 20.9. The average molecular weight is 288 g/mol. The minimum absolute atomic E-state index is 0.172. The van der Waals surface area contributed by atoms with Crippen LogP contribution in [0.4, 0.5) is 0 Å². The molecule has 0 bridgehead atoms. The number of carbonyl (C=O) groups is 2. The van der Waals surface area contributed by atoms with Crippen molar-refractivity contribution in [2.24, 2.45) is 22.7 Å². The lowest BCUT2D eigenvalue weighted by molar-refractivity contribution is -0.156. The molecule has 0 aliphatic carbocycles. The highest BCUT2D eigenvalue weighted by Gasteiger charge is 2.46. The molecule has 0 aromatic carbocycles. The van der Waals surface area contributed by atoms with E-state index in [1.807, 2.05) is 13.8 Å². The van der Waals surface area contributed by atoms with Crippen molar-refractivity contribution >= 4 is 11.9 Å². The SMILES string of the molecule is CC(C)C(=O)O.CCCC(C)C(C)(C)C(C)(C)C(=O)O. The van der Waals surface area contributed by atoms with E-state index in [0.29, 0.717) is 5.92 Å². The van der Waals surface area contributed by atoms with E-state index in [-0.39, 0.29) is 11.3 Å². The second-order valence-corrected chi connectivity index (χ2v) is 6.83. The van der Waals surface area contributed by atoms with Crippen LogP contribution in [0, 0.1) is 22.7 Å². The molecule has 0 aliphatic heterocycles. The van der Waals surface area contributed by atoms with Gasteiger partial charge < -0.3 is 10.2 Å². The van der Waals surface area contributed by atoms with Crippen LogP contribution >= 0.6 is 0 Å². The first-order valence-corrected chi connectivity index (χ1v) is 7.28. The molecule has 0 aliphatic rings. The van der Waals surface area contributed by atoms with Crippen LogP contribution in [0.1, 0.15) is 68.2 Å². The largest absolute Gasteiger partial charge is 0.481 e. The van der Waals surface area contributed by atoms with Gasteiger partial charge >= 0.3 is 11.9 Å². The molecule has 2 N–H and O–H groups in total. The third-order valence-corrected chi connectivity index (χ3v) is 4.59. The van der Waals surface area contributed by atoms with Crippen LogP contribution in [0.15, 0.2) is 0 Å². The van der Waals surface area contributed by atoms with Crippen LogP contribution in [-0.2, 0) is 9.59 Å². The number of carboxylic acid groups (broad SMARTS) is 2. The highest BCUT2D eigenvalue weighted by atomic mass is 16.4. The summed E-state index contributed by atoms with van der Waals surface area (Å²) in [5, 5.41) is 17.2. The Balaban J connectivity index is 0. The van der Waals surface area contributed by atoms with Crippen molar-refractivity contribution in [1.29, 1.82) is 0 Å². The standard InChI is InChI=1S/C12H24O2.C4H8O2/c1-7-8-9(2)11(3,4)12(5,6)10(13)14;1-3(2)4(5)6/h9H,7-8H2,1-6H3,(H,13,14);3H,1-2H3,(H,5,6). The van der Waals surface area contributed by atoms with Gasteiger partial charge in [-0.2, -0.15) is 0 Å². The van der Waals surface area contributed by atoms with E-state index in [9.17, 15) is 14.7 Å². The summed E-state index contributed by atoms with van der Waals surface area (Å²) < 4.78 is 0. The molecule has 0 heterocycles. The Morgan fingerprint density at radius 3 is 1.55 bits per heavy atom. The molecule has 0 saturated heterocycles. The molecule has 0 fully saturated rings. The summed E-state index contributed by atoms with van der Waals surface area (Å²) in [5.41, 5.74) is -0.837. The average Bonchev–Trinajstić information content (AvgIpc) is 2.29. The number of carboxylic acids is 2. The lowest BCUT2D eigenvalue weighted by Crippen LogP contribution is -2.43. The zero-order valence-electron chi connectivity index (χ0n) is 14.3. The van der Waals surface area contributed by atoms with Crippen molar-refractivity contribution in [3.05, 3.63) is 0 Å². The lowest BCUT2D eigenvalue weighted by atomic mass is 9.60. The normalized spacial score (nSPS) is 13.4. The molecule has 1 atom stereocenters. The van der Waals surface area contributed by atoms with E-state index < -0.39 is 17.4 Å². The maximum atomic E-state index is 11.2. The van der Waals surface area contributed by atoms with Crippen LogP contribution in [0.3, 0.4) is 0 Å². The number of rotatable bonds is 6. The minimum Gasteiger partial charge on any atom is -0.481 e. The van der Waals surface area contributed by atoms with Crippen LogP contribution in [0.2, 0.25) is 0 Å². The Bertz CT molecular complexity index is 316. The molecular formula is C16H32O4. The number of hydrogen-bond acceptors (Lipinski definition) is 2. The van der Waals surface area contributed by atoms with Crippen molar-refractivity contribution in [2.45, 2.75) is 68.2 Å². The Morgan fingerprint density at radius 2 is 1.35 bits per heavy atom. The van der Waals surface area contributed by atoms with E-state index in [4.69, 9.17) is 5.11 Å². The fourth-order valence-corrected chi connectivity index (χ4v) is 1.69. The highest BCUT2D eigenvalue weighted by molar-refractivity contribution is 5.74. The van der Waals surface area contributed by atoms with Gasteiger partial charge in [-0.05, 0) is 25.2 Å². The summed E-state index contributed by atoms with van der Waals surface area (Å²) in [6.07, 6.45) is 2.20. The van der Waals surface area contributed by atoms with Gasteiger partial charge in [0.15, 0.2) is 0 Å². The minimum atomic E-state index is -0.741. The second-order valence-electron chi connectivity index (χ2n) is 6.83. The molecule has 0 radical (unpaired) electrons. The highest BCUT2D eigenvalue weighted by Crippen LogP contribution is 2.46. The maximum Gasteiger partial charge on any atom is 0.309 e. The molecule has 0 spiro atoms. The first-order valence-electron chi connectivity index (χ1n) is 7.28. The predicted octanol–water partition coefficient (Wildman–Crippen LogP) is 4.29. The van der Waals surface area contributed by atoms with Gasteiger partial charge in [-0.25, -0.2) is 0 Å². The first-order chi connectivity index (χ1) is 8.82. The number of hydrogen-bond donors (Lipinski definition) is 2. The monoisotopic (exact) mass is 288 g/mol. The molecule has 20 heavy (non-hydrogen) atoms. The molecule has 4 heteroatoms. The van der Waals surface area contributed by atoms with Crippen molar-refractivity contribution in [3.63, 3.8) is 0 Å². The molecule has 0 saturated carbocycles. The van der Waals surface area contributed by atoms with Crippen molar-refractivity contribution < 1.29 is 19.8 Å². The van der Waals surface area contributed by atoms with Crippen molar-refractivity contribution in [2.75, 3.05) is 0 Å². The Hall–Kier alpha value is -1.06. The van der Waals surface area contributed by atoms with Gasteiger partial charge in [0.05, 0.1) is 11.3 Å². The molecular weight excluding hydrogens is 256 g/mol. The van der Waals surface area contributed by atoms with Crippen molar-refractivity contribution in [1.82, 2.24) is 0 Å². The van der Waals surface area contributed by atoms with Crippen molar-refractivity contribution in [3.8, 4) is 0 Å². The quantitative estimate of drug-likeness (QED) is 0.764. The molecule has 0 aromatic heterocycles. The third kappa shape index (κ3) is 5.93. The van der Waals surface area contributed by atoms with Crippen LogP contribution < -0.4 is 0 Å². The van der Waals surface area contributed by atoms with Gasteiger partial charge in [-0.15, -0.1) is 0 Å². The fraction of sp³-hybridized carbons (Fsp3) is 0.875. The van der Waals surface area contributed by atoms with E-state index >= 15 is 0 Å². The Labute approximate surface area is 123 Å². The van der Waals surface area contributed by atoms with Gasteiger partial charge in [0.1, 0.15) is 0 Å². The van der Waals surface area contributed by atoms with E-state index in [2.05, 4.69) is 27.7 Å². The third-order valence-electron chi connectivity index (χ3n) is 4.59. The summed E-state index contributed by atoms with van der Waals surface area (Å²) in [5.74, 6) is -1.25. The molecule has 0 amide bonds. The first kappa shape index (κ1) is 21.2. The molecule has 4 nitrogen and oxygen atoms in total. The van der Waals surface area contributed by atoms with Gasteiger partial charge in [0.25, 0.3) is 0 Å². The molecule has 120 valence electrons. The zero-order chi connectivity index (χ0) is 16.7. The van der Waals surface area contributed by atoms with Crippen LogP contribution in [-0.4, -0.2) is 22.2 Å². The smallest absolute Gasteiger partial charge is 0.309 e.